The average Bonchev–Trinajstić information content (AvgIpc) is 3.22. The van der Waals surface area contributed by atoms with Crippen LogP contribution in [0.5, 0.6) is 5.88 Å². The molecule has 1 aromatic rings. The highest BCUT2D eigenvalue weighted by Crippen LogP contribution is 2.45. The van der Waals surface area contributed by atoms with Crippen LogP contribution in [0.15, 0.2) is 23.3 Å². The van der Waals surface area contributed by atoms with E-state index in [1.165, 1.54) is 51.5 Å². The van der Waals surface area contributed by atoms with Gasteiger partial charge >= 0.3 is 0 Å². The van der Waals surface area contributed by atoms with Crippen molar-refractivity contribution in [1.29, 1.82) is 0 Å². The van der Waals surface area contributed by atoms with E-state index in [0.29, 0.717) is 5.41 Å². The molecule has 1 saturated heterocycles. The van der Waals surface area contributed by atoms with Crippen molar-refractivity contribution in [2.75, 3.05) is 26.7 Å². The summed E-state index contributed by atoms with van der Waals surface area (Å²) in [7, 11) is 1.88. The molecular weight excluding hydrogens is 439 g/mol. The Bertz CT molecular complexity index is 609. The molecule has 144 valence electrons. The maximum atomic E-state index is 5.70. The van der Waals surface area contributed by atoms with Crippen molar-refractivity contribution in [2.24, 2.45) is 16.3 Å². The topological polar surface area (TPSA) is 49.8 Å². The van der Waals surface area contributed by atoms with Gasteiger partial charge in [0, 0.05) is 38.9 Å². The largest absolute Gasteiger partial charge is 0.477 e. The fourth-order valence-corrected chi connectivity index (χ4v) is 4.25. The van der Waals surface area contributed by atoms with Gasteiger partial charge in [0.15, 0.2) is 5.96 Å². The second-order valence-electron chi connectivity index (χ2n) is 8.04. The Morgan fingerprint density at radius 3 is 2.77 bits per heavy atom. The molecule has 1 aromatic heterocycles. The van der Waals surface area contributed by atoms with E-state index in [0.717, 1.165) is 43.0 Å². The summed E-state index contributed by atoms with van der Waals surface area (Å²) in [6.45, 7) is 3.87. The molecule has 0 aromatic carbocycles. The van der Waals surface area contributed by atoms with Crippen LogP contribution in [0.1, 0.15) is 50.5 Å². The molecule has 1 aliphatic heterocycles. The highest BCUT2D eigenvalue weighted by molar-refractivity contribution is 14.0. The molecular formula is C20H31IN4O. The molecule has 0 unspecified atom stereocenters. The lowest BCUT2D eigenvalue weighted by atomic mass is 9.86. The van der Waals surface area contributed by atoms with Crippen LogP contribution in [0, 0.1) is 11.3 Å². The third-order valence-electron chi connectivity index (χ3n) is 6.03. The molecule has 0 amide bonds. The zero-order valence-corrected chi connectivity index (χ0v) is 18.1. The Hall–Kier alpha value is -1.05. The second-order valence-corrected chi connectivity index (χ2v) is 8.04. The molecule has 0 radical (unpaired) electrons. The van der Waals surface area contributed by atoms with Gasteiger partial charge < -0.3 is 15.0 Å². The number of pyridine rings is 1. The molecule has 3 fully saturated rings. The fourth-order valence-electron chi connectivity index (χ4n) is 4.25. The molecule has 2 aliphatic carbocycles. The van der Waals surface area contributed by atoms with Crippen LogP contribution in [-0.4, -0.2) is 42.6 Å². The Morgan fingerprint density at radius 1 is 1.31 bits per heavy atom. The standard InChI is InChI=1S/C20H30N4O.HI/c1-21-19(24-11-10-20(15-24)8-2-3-9-20)23-13-17-6-7-18(22-12-17)25-14-16-4-5-16;/h6-7,12,16H,2-5,8-11,13-15H2,1H3,(H,21,23);1H. The smallest absolute Gasteiger partial charge is 0.213 e. The summed E-state index contributed by atoms with van der Waals surface area (Å²) in [5, 5.41) is 3.51. The van der Waals surface area contributed by atoms with E-state index in [-0.39, 0.29) is 24.0 Å². The fraction of sp³-hybridized carbons (Fsp3) is 0.700. The minimum absolute atomic E-state index is 0. The van der Waals surface area contributed by atoms with E-state index >= 15 is 0 Å². The third kappa shape index (κ3) is 4.81. The Labute approximate surface area is 174 Å². The molecule has 1 spiro atoms. The molecule has 0 bridgehead atoms. The number of hydrogen-bond donors (Lipinski definition) is 1. The number of aliphatic imine (C=N–C) groups is 1. The molecule has 2 saturated carbocycles. The average molecular weight is 470 g/mol. The second kappa shape index (κ2) is 8.76. The van der Waals surface area contributed by atoms with Crippen molar-refractivity contribution in [2.45, 2.75) is 51.5 Å². The number of aromatic nitrogens is 1. The van der Waals surface area contributed by atoms with Crippen molar-refractivity contribution >= 4 is 29.9 Å². The third-order valence-corrected chi connectivity index (χ3v) is 6.03. The van der Waals surface area contributed by atoms with E-state index in [1.807, 2.05) is 19.3 Å². The maximum Gasteiger partial charge on any atom is 0.213 e. The first kappa shape index (κ1) is 19.7. The summed E-state index contributed by atoms with van der Waals surface area (Å²) >= 11 is 0. The Morgan fingerprint density at radius 2 is 2.12 bits per heavy atom. The summed E-state index contributed by atoms with van der Waals surface area (Å²) in [5.74, 6) is 2.52. The molecule has 3 aliphatic rings. The molecule has 26 heavy (non-hydrogen) atoms. The van der Waals surface area contributed by atoms with Gasteiger partial charge in [0.2, 0.25) is 5.88 Å². The van der Waals surface area contributed by atoms with E-state index in [4.69, 9.17) is 4.74 Å². The summed E-state index contributed by atoms with van der Waals surface area (Å²) in [5.41, 5.74) is 1.73. The Kier molecular flexibility index (Phi) is 6.64. The van der Waals surface area contributed by atoms with Crippen LogP contribution >= 0.6 is 24.0 Å². The molecule has 1 N–H and O–H groups in total. The van der Waals surface area contributed by atoms with Gasteiger partial charge in [-0.15, -0.1) is 24.0 Å². The zero-order valence-electron chi connectivity index (χ0n) is 15.7. The lowest BCUT2D eigenvalue weighted by Gasteiger charge is -2.25. The van der Waals surface area contributed by atoms with Gasteiger partial charge in [0.25, 0.3) is 0 Å². The first-order valence-electron chi connectivity index (χ1n) is 9.80. The summed E-state index contributed by atoms with van der Waals surface area (Å²) < 4.78 is 5.70. The van der Waals surface area contributed by atoms with Gasteiger partial charge in [0.1, 0.15) is 0 Å². The summed E-state index contributed by atoms with van der Waals surface area (Å²) in [4.78, 5) is 11.4. The minimum atomic E-state index is 0. The van der Waals surface area contributed by atoms with Crippen LogP contribution < -0.4 is 10.1 Å². The number of nitrogens with zero attached hydrogens (tertiary/aromatic N) is 3. The normalized spacial score (nSPS) is 21.7. The SMILES string of the molecule is CN=C(NCc1ccc(OCC2CC2)nc1)N1CCC2(CCCC2)C1.I. The lowest BCUT2D eigenvalue weighted by Crippen LogP contribution is -2.40. The van der Waals surface area contributed by atoms with Gasteiger partial charge in [-0.25, -0.2) is 4.98 Å². The van der Waals surface area contributed by atoms with Crippen molar-refractivity contribution in [1.82, 2.24) is 15.2 Å². The number of guanidine groups is 1. The highest BCUT2D eigenvalue weighted by Gasteiger charge is 2.41. The van der Waals surface area contributed by atoms with Gasteiger partial charge in [-0.05, 0) is 49.0 Å². The highest BCUT2D eigenvalue weighted by atomic mass is 127. The van der Waals surface area contributed by atoms with Gasteiger partial charge in [-0.2, -0.15) is 0 Å². The quantitative estimate of drug-likeness (QED) is 0.404. The first-order chi connectivity index (χ1) is 12.3. The van der Waals surface area contributed by atoms with E-state index in [2.05, 4.69) is 26.3 Å². The van der Waals surface area contributed by atoms with Crippen LogP contribution in [0.25, 0.3) is 0 Å². The van der Waals surface area contributed by atoms with E-state index in [1.54, 1.807) is 0 Å². The van der Waals surface area contributed by atoms with Crippen LogP contribution in [0.4, 0.5) is 0 Å². The van der Waals surface area contributed by atoms with Crippen LogP contribution in [0.2, 0.25) is 0 Å². The van der Waals surface area contributed by atoms with E-state index < -0.39 is 0 Å². The number of rotatable bonds is 5. The monoisotopic (exact) mass is 470 g/mol. The zero-order chi connectivity index (χ0) is 17.1. The van der Waals surface area contributed by atoms with Crippen molar-refractivity contribution in [3.05, 3.63) is 23.9 Å². The Balaban J connectivity index is 0.00000196. The maximum absolute atomic E-state index is 5.70. The summed E-state index contributed by atoms with van der Waals surface area (Å²) in [6, 6.07) is 4.07. The van der Waals surface area contributed by atoms with E-state index in [9.17, 15) is 0 Å². The molecule has 2 heterocycles. The predicted octanol–water partition coefficient (Wildman–Crippen LogP) is 3.83. The first-order valence-corrected chi connectivity index (χ1v) is 9.80. The number of halogens is 1. The van der Waals surface area contributed by atoms with Crippen molar-refractivity contribution in [3.8, 4) is 5.88 Å². The molecule has 5 nitrogen and oxygen atoms in total. The number of likely N-dealkylation sites (tertiary alicyclic amines) is 1. The molecule has 6 heteroatoms. The lowest BCUT2D eigenvalue weighted by molar-refractivity contribution is 0.288. The number of hydrogen-bond acceptors (Lipinski definition) is 3. The van der Waals surface area contributed by atoms with Crippen LogP contribution in [-0.2, 0) is 6.54 Å². The van der Waals surface area contributed by atoms with Crippen molar-refractivity contribution < 1.29 is 4.74 Å². The number of nitrogens with one attached hydrogen (secondary N) is 1. The van der Waals surface area contributed by atoms with Gasteiger partial charge in [-0.3, -0.25) is 4.99 Å². The minimum Gasteiger partial charge on any atom is -0.477 e. The van der Waals surface area contributed by atoms with Crippen LogP contribution in [0.3, 0.4) is 0 Å². The number of ether oxygens (including phenoxy) is 1. The van der Waals surface area contributed by atoms with Crippen molar-refractivity contribution in [3.63, 3.8) is 0 Å². The molecule has 4 rings (SSSR count). The van der Waals surface area contributed by atoms with Gasteiger partial charge in [0.05, 0.1) is 6.61 Å². The molecule has 0 atom stereocenters. The summed E-state index contributed by atoms with van der Waals surface area (Å²) in [6.07, 6.45) is 11.4. The van der Waals surface area contributed by atoms with Gasteiger partial charge in [-0.1, -0.05) is 18.9 Å². The predicted molar refractivity (Wildman–Crippen MR) is 115 cm³/mol.